The smallest absolute Gasteiger partial charge is 0.251 e. The average Bonchev–Trinajstić information content (AvgIpc) is 3.52. The lowest BCUT2D eigenvalue weighted by Gasteiger charge is -2.13. The molecule has 1 aliphatic rings. The maximum absolute atomic E-state index is 13.4. The number of hydrogen-bond donors (Lipinski definition) is 1. The zero-order valence-corrected chi connectivity index (χ0v) is 19.2. The SMILES string of the molecule is Cc1c(Oc2ccnc(-c3cnn(CC4CC4)c3)c2)cccc1C(=O)NCc1cc(F)cc(F)c1. The molecule has 6 nitrogen and oxygen atoms in total. The third-order valence-corrected chi connectivity index (χ3v) is 5.93. The fourth-order valence-corrected chi connectivity index (χ4v) is 3.88. The van der Waals surface area contributed by atoms with E-state index < -0.39 is 11.6 Å². The summed E-state index contributed by atoms with van der Waals surface area (Å²) < 4.78 is 34.9. The Hall–Kier alpha value is -4.07. The van der Waals surface area contributed by atoms with Crippen molar-refractivity contribution in [1.29, 1.82) is 0 Å². The molecule has 0 atom stereocenters. The highest BCUT2D eigenvalue weighted by Gasteiger charge is 2.22. The maximum atomic E-state index is 13.4. The number of rotatable bonds is 8. The molecule has 0 spiro atoms. The Kier molecular flexibility index (Phi) is 6.27. The van der Waals surface area contributed by atoms with Gasteiger partial charge in [-0.2, -0.15) is 5.10 Å². The molecule has 0 bridgehead atoms. The van der Waals surface area contributed by atoms with E-state index in [1.807, 2.05) is 16.9 Å². The van der Waals surface area contributed by atoms with Crippen LogP contribution in [0.3, 0.4) is 0 Å². The molecule has 2 heterocycles. The fourth-order valence-electron chi connectivity index (χ4n) is 3.88. The van der Waals surface area contributed by atoms with E-state index in [9.17, 15) is 13.6 Å². The van der Waals surface area contributed by atoms with Crippen LogP contribution in [0.2, 0.25) is 0 Å². The number of carbonyl (C=O) groups excluding carboxylic acids is 1. The summed E-state index contributed by atoms with van der Waals surface area (Å²) in [5.41, 5.74) is 3.06. The van der Waals surface area contributed by atoms with Crippen LogP contribution in [0.15, 0.2) is 67.1 Å². The summed E-state index contributed by atoms with van der Waals surface area (Å²) in [5, 5.41) is 7.14. The fraction of sp³-hybridized carbons (Fsp3) is 0.222. The summed E-state index contributed by atoms with van der Waals surface area (Å²) in [6, 6.07) is 11.9. The minimum absolute atomic E-state index is 0.000181. The van der Waals surface area contributed by atoms with Crippen molar-refractivity contribution in [2.24, 2.45) is 5.92 Å². The van der Waals surface area contributed by atoms with Crippen LogP contribution < -0.4 is 10.1 Å². The standard InChI is InChI=1S/C27H24F2N4O2/c1-17-24(27(34)31-13-19-9-21(28)11-22(29)10-19)3-2-4-26(17)35-23-7-8-30-25(12-23)20-14-32-33(16-20)15-18-5-6-18/h2-4,7-12,14,16,18H,5-6,13,15H2,1H3,(H,31,34). The van der Waals surface area contributed by atoms with E-state index in [-0.39, 0.29) is 12.5 Å². The van der Waals surface area contributed by atoms with Crippen LogP contribution in [0.4, 0.5) is 8.78 Å². The number of carbonyl (C=O) groups is 1. The van der Waals surface area contributed by atoms with E-state index in [1.165, 1.54) is 25.0 Å². The molecule has 0 radical (unpaired) electrons. The number of amides is 1. The summed E-state index contributed by atoms with van der Waals surface area (Å²) in [4.78, 5) is 17.2. The molecule has 1 fully saturated rings. The normalized spacial score (nSPS) is 13.0. The highest BCUT2D eigenvalue weighted by atomic mass is 19.1. The van der Waals surface area contributed by atoms with Gasteiger partial charge in [0.2, 0.25) is 0 Å². The van der Waals surface area contributed by atoms with Crippen LogP contribution in [0.5, 0.6) is 11.5 Å². The van der Waals surface area contributed by atoms with Gasteiger partial charge in [0.25, 0.3) is 5.91 Å². The highest BCUT2D eigenvalue weighted by molar-refractivity contribution is 5.96. The van der Waals surface area contributed by atoms with E-state index in [4.69, 9.17) is 4.74 Å². The van der Waals surface area contributed by atoms with Crippen molar-refractivity contribution < 1.29 is 18.3 Å². The van der Waals surface area contributed by atoms with E-state index in [1.54, 1.807) is 43.6 Å². The van der Waals surface area contributed by atoms with Crippen LogP contribution >= 0.6 is 0 Å². The van der Waals surface area contributed by atoms with Crippen molar-refractivity contribution in [3.05, 3.63) is 95.4 Å². The molecule has 5 rings (SSSR count). The van der Waals surface area contributed by atoms with Gasteiger partial charge in [0.1, 0.15) is 23.1 Å². The van der Waals surface area contributed by atoms with Gasteiger partial charge in [0.15, 0.2) is 0 Å². The molecule has 35 heavy (non-hydrogen) atoms. The first-order valence-corrected chi connectivity index (χ1v) is 11.4. The Balaban J connectivity index is 1.29. The Morgan fingerprint density at radius 2 is 1.94 bits per heavy atom. The van der Waals surface area contributed by atoms with Gasteiger partial charge in [0, 0.05) is 54.3 Å². The average molecular weight is 475 g/mol. The number of nitrogens with zero attached hydrogens (tertiary/aromatic N) is 3. The predicted octanol–water partition coefficient (Wildman–Crippen LogP) is 5.66. The first kappa shape index (κ1) is 22.7. The number of hydrogen-bond acceptors (Lipinski definition) is 4. The molecule has 0 aliphatic heterocycles. The molecule has 0 unspecified atom stereocenters. The zero-order chi connectivity index (χ0) is 24.4. The topological polar surface area (TPSA) is 69.0 Å². The number of pyridine rings is 1. The molecule has 0 saturated heterocycles. The minimum atomic E-state index is -0.687. The van der Waals surface area contributed by atoms with E-state index >= 15 is 0 Å². The first-order valence-electron chi connectivity index (χ1n) is 11.4. The van der Waals surface area contributed by atoms with Crippen molar-refractivity contribution in [3.63, 3.8) is 0 Å². The number of halogens is 2. The van der Waals surface area contributed by atoms with Crippen molar-refractivity contribution in [2.45, 2.75) is 32.9 Å². The molecule has 8 heteroatoms. The van der Waals surface area contributed by atoms with Gasteiger partial charge in [0.05, 0.1) is 11.9 Å². The van der Waals surface area contributed by atoms with Crippen molar-refractivity contribution in [2.75, 3.05) is 0 Å². The lowest BCUT2D eigenvalue weighted by Crippen LogP contribution is -2.23. The van der Waals surface area contributed by atoms with Crippen LogP contribution in [-0.4, -0.2) is 20.7 Å². The number of nitrogens with one attached hydrogen (secondary N) is 1. The van der Waals surface area contributed by atoms with Gasteiger partial charge in [-0.1, -0.05) is 6.07 Å². The van der Waals surface area contributed by atoms with Gasteiger partial charge in [-0.15, -0.1) is 0 Å². The van der Waals surface area contributed by atoms with Crippen molar-refractivity contribution >= 4 is 5.91 Å². The lowest BCUT2D eigenvalue weighted by atomic mass is 10.1. The molecule has 1 N–H and O–H groups in total. The number of aromatic nitrogens is 3. The van der Waals surface area contributed by atoms with E-state index in [2.05, 4.69) is 15.4 Å². The third kappa shape index (κ3) is 5.54. The molecule has 178 valence electrons. The Morgan fingerprint density at radius 3 is 2.71 bits per heavy atom. The molecule has 2 aromatic carbocycles. The second kappa shape index (κ2) is 9.66. The third-order valence-electron chi connectivity index (χ3n) is 5.93. The van der Waals surface area contributed by atoms with Gasteiger partial charge in [-0.25, -0.2) is 8.78 Å². The van der Waals surface area contributed by atoms with Crippen molar-refractivity contribution in [3.8, 4) is 22.8 Å². The van der Waals surface area contributed by atoms with Gasteiger partial charge in [-0.3, -0.25) is 14.5 Å². The molecule has 1 saturated carbocycles. The molecular weight excluding hydrogens is 450 g/mol. The largest absolute Gasteiger partial charge is 0.457 e. The van der Waals surface area contributed by atoms with Gasteiger partial charge >= 0.3 is 0 Å². The number of ether oxygens (including phenoxy) is 1. The molecule has 1 aliphatic carbocycles. The number of benzene rings is 2. The highest BCUT2D eigenvalue weighted by Crippen LogP contribution is 2.32. The lowest BCUT2D eigenvalue weighted by molar-refractivity contribution is 0.0950. The van der Waals surface area contributed by atoms with Gasteiger partial charge in [-0.05, 0) is 61.6 Å². The Labute approximate surface area is 201 Å². The predicted molar refractivity (Wildman–Crippen MR) is 127 cm³/mol. The molecule has 4 aromatic rings. The van der Waals surface area contributed by atoms with Gasteiger partial charge < -0.3 is 10.1 Å². The summed E-state index contributed by atoms with van der Waals surface area (Å²) in [6.07, 6.45) is 7.99. The van der Waals surface area contributed by atoms with Crippen LogP contribution in [0.1, 0.15) is 34.3 Å². The summed E-state index contributed by atoms with van der Waals surface area (Å²) in [5.74, 6) is 0.0986. The summed E-state index contributed by atoms with van der Waals surface area (Å²) >= 11 is 0. The second-order valence-electron chi connectivity index (χ2n) is 8.76. The van der Waals surface area contributed by atoms with E-state index in [0.29, 0.717) is 28.2 Å². The first-order chi connectivity index (χ1) is 16.9. The quantitative estimate of drug-likeness (QED) is 0.358. The summed E-state index contributed by atoms with van der Waals surface area (Å²) in [6.45, 7) is 2.72. The summed E-state index contributed by atoms with van der Waals surface area (Å²) in [7, 11) is 0. The maximum Gasteiger partial charge on any atom is 0.251 e. The van der Waals surface area contributed by atoms with Crippen LogP contribution in [0, 0.1) is 24.5 Å². The van der Waals surface area contributed by atoms with Crippen molar-refractivity contribution in [1.82, 2.24) is 20.1 Å². The second-order valence-corrected chi connectivity index (χ2v) is 8.76. The molecular formula is C27H24F2N4O2. The Morgan fingerprint density at radius 1 is 1.14 bits per heavy atom. The van der Waals surface area contributed by atoms with E-state index in [0.717, 1.165) is 29.8 Å². The minimum Gasteiger partial charge on any atom is -0.457 e. The Bertz CT molecular complexity index is 1360. The van der Waals surface area contributed by atoms with Crippen LogP contribution in [0.25, 0.3) is 11.3 Å². The monoisotopic (exact) mass is 474 g/mol. The van der Waals surface area contributed by atoms with Crippen LogP contribution in [-0.2, 0) is 13.1 Å². The molecule has 2 aromatic heterocycles. The molecule has 1 amide bonds. The zero-order valence-electron chi connectivity index (χ0n) is 19.2.